The van der Waals surface area contributed by atoms with Crippen molar-refractivity contribution in [1.82, 2.24) is 9.78 Å². The maximum absolute atomic E-state index is 12.5. The largest absolute Gasteiger partial charge is 0.322 e. The predicted molar refractivity (Wildman–Crippen MR) is 92.5 cm³/mol. The molecule has 3 rings (SSSR count). The zero-order valence-electron chi connectivity index (χ0n) is 13.5. The standard InChI is InChI=1S/C19H19N3O/c1-13-18(14(2)22(3)21-13)19(23)20-17-11-9-16(10-12-17)15-7-5-4-6-8-15/h4-12H,1-3H3,(H,20,23). The number of rotatable bonds is 3. The van der Waals surface area contributed by atoms with Gasteiger partial charge in [-0.1, -0.05) is 42.5 Å². The van der Waals surface area contributed by atoms with Crippen molar-refractivity contribution in [2.75, 3.05) is 5.32 Å². The second kappa shape index (κ2) is 6.08. The van der Waals surface area contributed by atoms with E-state index in [1.54, 1.807) is 4.68 Å². The number of hydrogen-bond donors (Lipinski definition) is 1. The average Bonchev–Trinajstić information content (AvgIpc) is 2.81. The molecule has 0 radical (unpaired) electrons. The second-order valence-electron chi connectivity index (χ2n) is 5.57. The van der Waals surface area contributed by atoms with Crippen LogP contribution >= 0.6 is 0 Å². The highest BCUT2D eigenvalue weighted by Crippen LogP contribution is 2.22. The molecule has 0 saturated heterocycles. The monoisotopic (exact) mass is 305 g/mol. The second-order valence-corrected chi connectivity index (χ2v) is 5.57. The molecule has 23 heavy (non-hydrogen) atoms. The van der Waals surface area contributed by atoms with Crippen LogP contribution in [-0.2, 0) is 7.05 Å². The van der Waals surface area contributed by atoms with Crippen LogP contribution in [0, 0.1) is 13.8 Å². The van der Waals surface area contributed by atoms with Gasteiger partial charge in [0, 0.05) is 18.4 Å². The Bertz CT molecular complexity index is 833. The molecule has 3 aromatic rings. The minimum atomic E-state index is -0.124. The summed E-state index contributed by atoms with van der Waals surface area (Å²) in [7, 11) is 1.84. The zero-order valence-corrected chi connectivity index (χ0v) is 13.5. The van der Waals surface area contributed by atoms with Gasteiger partial charge in [-0.05, 0) is 37.1 Å². The third-order valence-corrected chi connectivity index (χ3v) is 3.99. The highest BCUT2D eigenvalue weighted by molar-refractivity contribution is 6.05. The number of benzene rings is 2. The van der Waals surface area contributed by atoms with Crippen molar-refractivity contribution in [1.29, 1.82) is 0 Å². The molecular weight excluding hydrogens is 286 g/mol. The summed E-state index contributed by atoms with van der Waals surface area (Å²) in [6.45, 7) is 3.74. The molecule has 0 fully saturated rings. The molecule has 2 aromatic carbocycles. The maximum Gasteiger partial charge on any atom is 0.259 e. The average molecular weight is 305 g/mol. The third kappa shape index (κ3) is 3.01. The van der Waals surface area contributed by atoms with Gasteiger partial charge in [0.05, 0.1) is 11.3 Å². The Hall–Kier alpha value is -2.88. The number of nitrogens with zero attached hydrogens (tertiary/aromatic N) is 2. The minimum absolute atomic E-state index is 0.124. The van der Waals surface area contributed by atoms with E-state index in [1.165, 1.54) is 0 Å². The van der Waals surface area contributed by atoms with E-state index in [4.69, 9.17) is 0 Å². The van der Waals surface area contributed by atoms with Crippen LogP contribution in [0.15, 0.2) is 54.6 Å². The van der Waals surface area contributed by atoms with Gasteiger partial charge in [0.25, 0.3) is 5.91 Å². The molecule has 0 atom stereocenters. The molecule has 116 valence electrons. The van der Waals surface area contributed by atoms with E-state index >= 15 is 0 Å². The molecule has 0 saturated carbocycles. The number of nitrogens with one attached hydrogen (secondary N) is 1. The zero-order chi connectivity index (χ0) is 16.4. The van der Waals surface area contributed by atoms with Crippen molar-refractivity contribution in [3.8, 4) is 11.1 Å². The van der Waals surface area contributed by atoms with Crippen LogP contribution in [0.3, 0.4) is 0 Å². The molecule has 0 aliphatic rings. The summed E-state index contributed by atoms with van der Waals surface area (Å²) in [6, 6.07) is 18.0. The molecule has 1 heterocycles. The van der Waals surface area contributed by atoms with E-state index in [9.17, 15) is 4.79 Å². The van der Waals surface area contributed by atoms with Gasteiger partial charge in [-0.3, -0.25) is 9.48 Å². The van der Waals surface area contributed by atoms with E-state index in [0.29, 0.717) is 5.56 Å². The van der Waals surface area contributed by atoms with Crippen LogP contribution in [-0.4, -0.2) is 15.7 Å². The smallest absolute Gasteiger partial charge is 0.259 e. The van der Waals surface area contributed by atoms with Crippen LogP contribution in [0.4, 0.5) is 5.69 Å². The van der Waals surface area contributed by atoms with E-state index in [-0.39, 0.29) is 5.91 Å². The Morgan fingerprint density at radius 3 is 2.13 bits per heavy atom. The van der Waals surface area contributed by atoms with Crippen molar-refractivity contribution in [3.05, 3.63) is 71.5 Å². The van der Waals surface area contributed by atoms with Gasteiger partial charge in [0.2, 0.25) is 0 Å². The Morgan fingerprint density at radius 1 is 0.957 bits per heavy atom. The molecular formula is C19H19N3O. The number of anilines is 1. The lowest BCUT2D eigenvalue weighted by atomic mass is 10.1. The van der Waals surface area contributed by atoms with Gasteiger partial charge in [-0.2, -0.15) is 5.10 Å². The summed E-state index contributed by atoms with van der Waals surface area (Å²) in [5.41, 5.74) is 5.29. The first-order chi connectivity index (χ1) is 11.1. The van der Waals surface area contributed by atoms with Crippen LogP contribution in [0.25, 0.3) is 11.1 Å². The summed E-state index contributed by atoms with van der Waals surface area (Å²) in [4.78, 5) is 12.5. The van der Waals surface area contributed by atoms with Gasteiger partial charge in [-0.15, -0.1) is 0 Å². The summed E-state index contributed by atoms with van der Waals surface area (Å²) in [5, 5.41) is 7.22. The van der Waals surface area contributed by atoms with E-state index in [2.05, 4.69) is 22.5 Å². The van der Waals surface area contributed by atoms with Crippen molar-refractivity contribution in [3.63, 3.8) is 0 Å². The van der Waals surface area contributed by atoms with Crippen molar-refractivity contribution < 1.29 is 4.79 Å². The first-order valence-corrected chi connectivity index (χ1v) is 7.53. The SMILES string of the molecule is Cc1nn(C)c(C)c1C(=O)Nc1ccc(-c2ccccc2)cc1. The lowest BCUT2D eigenvalue weighted by molar-refractivity contribution is 0.102. The molecule has 0 aliphatic carbocycles. The number of hydrogen-bond acceptors (Lipinski definition) is 2. The number of aromatic nitrogens is 2. The number of carbonyl (C=O) groups excluding carboxylic acids is 1. The first-order valence-electron chi connectivity index (χ1n) is 7.53. The lowest BCUT2D eigenvalue weighted by Gasteiger charge is -2.07. The normalized spacial score (nSPS) is 10.6. The Morgan fingerprint density at radius 2 is 1.57 bits per heavy atom. The highest BCUT2D eigenvalue weighted by atomic mass is 16.1. The Labute approximate surface area is 135 Å². The summed E-state index contributed by atoms with van der Waals surface area (Å²) in [6.07, 6.45) is 0. The molecule has 0 bridgehead atoms. The predicted octanol–water partition coefficient (Wildman–Crippen LogP) is 3.96. The molecule has 0 aliphatic heterocycles. The Balaban J connectivity index is 1.80. The molecule has 0 spiro atoms. The van der Waals surface area contributed by atoms with Crippen LogP contribution in [0.5, 0.6) is 0 Å². The molecule has 1 aromatic heterocycles. The Kier molecular flexibility index (Phi) is 3.98. The van der Waals surface area contributed by atoms with Crippen molar-refractivity contribution >= 4 is 11.6 Å². The highest BCUT2D eigenvalue weighted by Gasteiger charge is 2.17. The van der Waals surface area contributed by atoms with E-state index in [0.717, 1.165) is 28.2 Å². The van der Waals surface area contributed by atoms with E-state index < -0.39 is 0 Å². The molecule has 1 N–H and O–H groups in total. The molecule has 4 heteroatoms. The summed E-state index contributed by atoms with van der Waals surface area (Å²) >= 11 is 0. The van der Waals surface area contributed by atoms with Gasteiger partial charge >= 0.3 is 0 Å². The number of aryl methyl sites for hydroxylation is 2. The van der Waals surface area contributed by atoms with Gasteiger partial charge in [-0.25, -0.2) is 0 Å². The third-order valence-electron chi connectivity index (χ3n) is 3.99. The van der Waals surface area contributed by atoms with Gasteiger partial charge in [0.15, 0.2) is 0 Å². The molecule has 4 nitrogen and oxygen atoms in total. The topological polar surface area (TPSA) is 46.9 Å². The number of carbonyl (C=O) groups is 1. The maximum atomic E-state index is 12.5. The lowest BCUT2D eigenvalue weighted by Crippen LogP contribution is -2.14. The fourth-order valence-corrected chi connectivity index (χ4v) is 2.67. The number of amides is 1. The van der Waals surface area contributed by atoms with Crippen molar-refractivity contribution in [2.45, 2.75) is 13.8 Å². The summed E-state index contributed by atoms with van der Waals surface area (Å²) in [5.74, 6) is -0.124. The van der Waals surface area contributed by atoms with Crippen LogP contribution in [0.2, 0.25) is 0 Å². The van der Waals surface area contributed by atoms with E-state index in [1.807, 2.05) is 63.4 Å². The molecule has 1 amide bonds. The van der Waals surface area contributed by atoms with Crippen LogP contribution < -0.4 is 5.32 Å². The minimum Gasteiger partial charge on any atom is -0.322 e. The van der Waals surface area contributed by atoms with Crippen molar-refractivity contribution in [2.24, 2.45) is 7.05 Å². The van der Waals surface area contributed by atoms with Crippen LogP contribution in [0.1, 0.15) is 21.7 Å². The first kappa shape index (κ1) is 15.0. The fraction of sp³-hybridized carbons (Fsp3) is 0.158. The van der Waals surface area contributed by atoms with Gasteiger partial charge < -0.3 is 5.32 Å². The molecule has 0 unspecified atom stereocenters. The van der Waals surface area contributed by atoms with Gasteiger partial charge in [0.1, 0.15) is 0 Å². The summed E-state index contributed by atoms with van der Waals surface area (Å²) < 4.78 is 1.72. The quantitative estimate of drug-likeness (QED) is 0.796. The fourth-order valence-electron chi connectivity index (χ4n) is 2.67.